The van der Waals surface area contributed by atoms with Crippen LogP contribution in [0.4, 0.5) is 15.9 Å². The average Bonchev–Trinajstić information content (AvgIpc) is 3.57. The van der Waals surface area contributed by atoms with Crippen molar-refractivity contribution >= 4 is 53.5 Å². The quantitative estimate of drug-likeness (QED) is 0.0792. The van der Waals surface area contributed by atoms with Crippen LogP contribution < -0.4 is 20.1 Å². The number of aromatic nitrogens is 3. The molecular weight excluding hydrogens is 701 g/mol. The fraction of sp³-hybridized carbons (Fsp3) is 0.200. The fourth-order valence-corrected chi connectivity index (χ4v) is 6.52. The number of nitrogens with one attached hydrogen (secondary N) is 2. The van der Waals surface area contributed by atoms with Crippen molar-refractivity contribution in [2.75, 3.05) is 25.5 Å². The van der Waals surface area contributed by atoms with Crippen molar-refractivity contribution in [2.24, 2.45) is 0 Å². The Bertz CT molecular complexity index is 2100. The van der Waals surface area contributed by atoms with Crippen LogP contribution in [0.1, 0.15) is 29.7 Å². The largest absolute Gasteiger partial charge is 0.496 e. The fourth-order valence-electron chi connectivity index (χ4n) is 5.52. The van der Waals surface area contributed by atoms with E-state index in [0.717, 1.165) is 22.2 Å². The Hall–Kier alpha value is -4.85. The summed E-state index contributed by atoms with van der Waals surface area (Å²) >= 11 is 3.58. The number of ether oxygens (including phenoxy) is 3. The van der Waals surface area contributed by atoms with Gasteiger partial charge in [0.15, 0.2) is 0 Å². The first-order valence-electron chi connectivity index (χ1n) is 15.0. The third-order valence-electron chi connectivity index (χ3n) is 7.91. The van der Waals surface area contributed by atoms with E-state index in [1.807, 2.05) is 36.4 Å². The number of halogens is 2. The normalized spacial score (nSPS) is 15.2. The lowest BCUT2D eigenvalue weighted by molar-refractivity contribution is 0.0308. The molecule has 48 heavy (non-hydrogen) atoms. The maximum Gasteiger partial charge on any atom is 0.220 e. The van der Waals surface area contributed by atoms with Gasteiger partial charge in [-0.3, -0.25) is 4.98 Å². The van der Waals surface area contributed by atoms with Gasteiger partial charge >= 0.3 is 0 Å². The van der Waals surface area contributed by atoms with Crippen LogP contribution in [-0.2, 0) is 27.2 Å². The van der Waals surface area contributed by atoms with Gasteiger partial charge in [0.1, 0.15) is 46.5 Å². The van der Waals surface area contributed by atoms with Crippen LogP contribution in [-0.4, -0.2) is 48.4 Å². The zero-order valence-corrected chi connectivity index (χ0v) is 28.2. The van der Waals surface area contributed by atoms with Crippen molar-refractivity contribution in [3.05, 3.63) is 125 Å². The molecule has 6 rings (SSSR count). The summed E-state index contributed by atoms with van der Waals surface area (Å²) in [4.78, 5) is 13.4. The third-order valence-corrected chi connectivity index (χ3v) is 9.28. The molecule has 1 unspecified atom stereocenters. The number of nitrogens with zero attached hydrogens (tertiary/aromatic N) is 3. The summed E-state index contributed by atoms with van der Waals surface area (Å²) in [6.07, 6.45) is 7.78. The highest BCUT2D eigenvalue weighted by Gasteiger charge is 2.38. The molecule has 0 fully saturated rings. The molecule has 1 atom stereocenters. The number of pyridine rings is 1. The molecule has 3 heterocycles. The minimum absolute atomic E-state index is 0.123. The van der Waals surface area contributed by atoms with Gasteiger partial charge in [-0.05, 0) is 82.6 Å². The molecule has 1 aliphatic rings. The van der Waals surface area contributed by atoms with E-state index >= 15 is 0 Å². The third kappa shape index (κ3) is 7.48. The number of hydrogen-bond acceptors (Lipinski definition) is 10. The molecule has 0 saturated heterocycles. The first-order chi connectivity index (χ1) is 23.3. The second-order valence-corrected chi connectivity index (χ2v) is 12.8. The Kier molecular flexibility index (Phi) is 10.3. The molecule has 0 spiro atoms. The van der Waals surface area contributed by atoms with Crippen LogP contribution in [0.2, 0.25) is 0 Å². The minimum atomic E-state index is -2.42. The second kappa shape index (κ2) is 14.9. The molecule has 0 aliphatic carbocycles. The van der Waals surface area contributed by atoms with Crippen molar-refractivity contribution < 1.29 is 27.0 Å². The van der Waals surface area contributed by atoms with Crippen LogP contribution >= 0.6 is 15.9 Å². The molecule has 0 amide bonds. The highest BCUT2D eigenvalue weighted by atomic mass is 79.9. The van der Waals surface area contributed by atoms with Crippen LogP contribution in [0.3, 0.4) is 0 Å². The van der Waals surface area contributed by atoms with Crippen molar-refractivity contribution in [3.63, 3.8) is 0 Å². The predicted octanol–water partition coefficient (Wildman–Crippen LogP) is 6.47. The van der Waals surface area contributed by atoms with E-state index in [1.54, 1.807) is 49.9 Å². The summed E-state index contributed by atoms with van der Waals surface area (Å²) in [5.41, 5.74) is 2.60. The molecule has 246 valence electrons. The molecule has 0 radical (unpaired) electrons. The van der Waals surface area contributed by atoms with E-state index in [1.165, 1.54) is 18.5 Å². The molecule has 0 bridgehead atoms. The minimum Gasteiger partial charge on any atom is -0.496 e. The van der Waals surface area contributed by atoms with Crippen LogP contribution in [0.25, 0.3) is 10.9 Å². The van der Waals surface area contributed by atoms with E-state index in [4.69, 9.17) is 14.2 Å². The van der Waals surface area contributed by atoms with Gasteiger partial charge in [-0.25, -0.2) is 14.4 Å². The van der Waals surface area contributed by atoms with Gasteiger partial charge in [0.2, 0.25) is 10.3 Å². The molecule has 10 nitrogen and oxygen atoms in total. The number of benzene rings is 3. The first kappa shape index (κ1) is 33.1. The van der Waals surface area contributed by atoms with E-state index in [9.17, 15) is 12.8 Å². The monoisotopic (exact) mass is 731 g/mol. The van der Waals surface area contributed by atoms with Crippen LogP contribution in [0, 0.1) is 5.82 Å². The topological polar surface area (TPSA) is 125 Å². The molecule has 3 aromatic carbocycles. The summed E-state index contributed by atoms with van der Waals surface area (Å²) < 4.78 is 56.1. The summed E-state index contributed by atoms with van der Waals surface area (Å²) in [5.74, 6) is 1.49. The Morgan fingerprint density at radius 2 is 1.94 bits per heavy atom. The number of anilines is 2. The summed E-state index contributed by atoms with van der Waals surface area (Å²) in [5, 5.41) is 7.40. The van der Waals surface area contributed by atoms with Crippen molar-refractivity contribution in [2.45, 2.75) is 25.0 Å². The molecule has 2 aromatic heterocycles. The highest BCUT2D eigenvalue weighted by molar-refractivity contribution is 9.10. The first-order valence-corrected chi connectivity index (χ1v) is 16.9. The smallest absolute Gasteiger partial charge is 0.220 e. The molecular formula is C35H31BrFN5O5S. The maximum atomic E-state index is 13.6. The van der Waals surface area contributed by atoms with Crippen LogP contribution in [0.15, 0.2) is 102 Å². The lowest BCUT2D eigenvalue weighted by atomic mass is 9.86. The Morgan fingerprint density at radius 1 is 1.04 bits per heavy atom. The molecule has 5 aromatic rings. The zero-order chi connectivity index (χ0) is 33.5. The molecule has 1 aliphatic heterocycles. The Morgan fingerprint density at radius 3 is 2.67 bits per heavy atom. The van der Waals surface area contributed by atoms with Crippen LogP contribution in [0.5, 0.6) is 11.5 Å². The molecule has 0 saturated carbocycles. The number of rotatable bonds is 13. The van der Waals surface area contributed by atoms with Crippen molar-refractivity contribution in [1.82, 2.24) is 20.3 Å². The maximum absolute atomic E-state index is 13.6. The van der Waals surface area contributed by atoms with Crippen molar-refractivity contribution in [3.8, 4) is 11.5 Å². The summed E-state index contributed by atoms with van der Waals surface area (Å²) in [7, 11) is -0.821. The van der Waals surface area contributed by atoms with Gasteiger partial charge in [0.25, 0.3) is 0 Å². The van der Waals surface area contributed by atoms with Gasteiger partial charge in [-0.15, -0.1) is 0 Å². The van der Waals surface area contributed by atoms with Gasteiger partial charge in [0.05, 0.1) is 29.1 Å². The van der Waals surface area contributed by atoms with E-state index < -0.39 is 15.9 Å². The lowest BCUT2D eigenvalue weighted by Crippen LogP contribution is -2.33. The molecule has 13 heteroatoms. The standard InChI is InChI=1S/C35H31BrFN5O5S/c1-45-32-19-30-26(18-27(32)35(11-5-15-47-35)12-14-38-20-33(48(43)44)29-8-2-3-13-39-29)34(41-22-40-30)42-25-9-10-31(28(36)17-25)46-21-23-6-4-7-24(37)16-23/h2-10,13,15-19,22,38H,11-12,14,20-21H2,1H3,(H,40,41,42). The lowest BCUT2D eigenvalue weighted by Gasteiger charge is -2.31. The van der Waals surface area contributed by atoms with E-state index in [2.05, 4.69) is 41.5 Å². The van der Waals surface area contributed by atoms with Gasteiger partial charge in [-0.1, -0.05) is 18.2 Å². The highest BCUT2D eigenvalue weighted by Crippen LogP contribution is 2.44. The summed E-state index contributed by atoms with van der Waals surface area (Å²) in [6, 6.07) is 20.9. The molecule has 2 N–H and O–H groups in total. The number of methoxy groups -OCH3 is 1. The van der Waals surface area contributed by atoms with E-state index in [0.29, 0.717) is 52.4 Å². The zero-order valence-electron chi connectivity index (χ0n) is 25.8. The van der Waals surface area contributed by atoms with Gasteiger partial charge in [0, 0.05) is 48.3 Å². The Balaban J connectivity index is 1.22. The van der Waals surface area contributed by atoms with Crippen molar-refractivity contribution in [1.29, 1.82) is 0 Å². The number of hydrogen-bond donors (Lipinski definition) is 2. The predicted molar refractivity (Wildman–Crippen MR) is 186 cm³/mol. The SMILES string of the molecule is COc1cc2ncnc(Nc3ccc(OCc4cccc(F)c4)c(Br)c3)c2cc1C1(CCNCC(c2ccccn2)=S(=O)=O)CC=CO1. The van der Waals surface area contributed by atoms with Gasteiger partial charge < -0.3 is 24.8 Å². The van der Waals surface area contributed by atoms with Gasteiger partial charge in [-0.2, -0.15) is 8.42 Å². The average molecular weight is 733 g/mol. The summed E-state index contributed by atoms with van der Waals surface area (Å²) in [6.45, 7) is 0.798. The Labute approximate surface area is 286 Å². The number of fused-ring (bicyclic) bond motifs is 1. The second-order valence-electron chi connectivity index (χ2n) is 11.0. The van der Waals surface area contributed by atoms with E-state index in [-0.39, 0.29) is 23.8 Å².